The average molecular weight is 393 g/mol. The van der Waals surface area contributed by atoms with Crippen molar-refractivity contribution in [2.45, 2.75) is 13.2 Å². The molecule has 0 atom stereocenters. The maximum Gasteiger partial charge on any atom is 0.338 e. The van der Waals surface area contributed by atoms with Gasteiger partial charge in [-0.1, -0.05) is 54.6 Å². The Labute approximate surface area is 173 Å². The van der Waals surface area contributed by atoms with Crippen LogP contribution >= 0.6 is 0 Å². The smallest absolute Gasteiger partial charge is 0.338 e. The highest BCUT2D eigenvalue weighted by Gasteiger charge is 2.12. The molecule has 0 aliphatic carbocycles. The number of fused-ring (bicyclic) bond motifs is 3. The molecule has 0 spiro atoms. The lowest BCUT2D eigenvalue weighted by atomic mass is 10.0. The van der Waals surface area contributed by atoms with E-state index in [1.807, 2.05) is 65.5 Å². The number of aromatic nitrogens is 3. The lowest BCUT2D eigenvalue weighted by molar-refractivity contribution is 0.0470. The summed E-state index contributed by atoms with van der Waals surface area (Å²) in [6.45, 7) is 0.786. The molecule has 0 aliphatic rings. The molecule has 0 fully saturated rings. The Kier molecular flexibility index (Phi) is 4.69. The molecule has 146 valence electrons. The second-order valence-electron chi connectivity index (χ2n) is 7.10. The molecule has 0 amide bonds. The number of carbonyl (C=O) groups is 1. The highest BCUT2D eigenvalue weighted by molar-refractivity contribution is 6.06. The molecule has 2 aromatic heterocycles. The summed E-state index contributed by atoms with van der Waals surface area (Å²) in [7, 11) is 0. The zero-order valence-corrected chi connectivity index (χ0v) is 16.2. The fourth-order valence-electron chi connectivity index (χ4n) is 3.63. The SMILES string of the molecule is O=C(OCc1nc2ccccc2c2ccccc12)c1ccc(Cn2cccn2)cc1. The van der Waals surface area contributed by atoms with Crippen molar-refractivity contribution in [1.82, 2.24) is 14.8 Å². The number of hydrogen-bond donors (Lipinski definition) is 0. The predicted molar refractivity (Wildman–Crippen MR) is 116 cm³/mol. The maximum absolute atomic E-state index is 12.6. The molecule has 0 N–H and O–H groups in total. The number of benzene rings is 3. The number of para-hydroxylation sites is 1. The minimum Gasteiger partial charge on any atom is -0.456 e. The van der Waals surface area contributed by atoms with Crippen molar-refractivity contribution in [3.8, 4) is 0 Å². The number of carbonyl (C=O) groups excluding carboxylic acids is 1. The second kappa shape index (κ2) is 7.79. The van der Waals surface area contributed by atoms with Crippen LogP contribution in [0.2, 0.25) is 0 Å². The molecule has 0 unspecified atom stereocenters. The van der Waals surface area contributed by atoms with E-state index in [4.69, 9.17) is 9.72 Å². The first-order chi connectivity index (χ1) is 14.8. The molecular formula is C25H19N3O2. The van der Waals surface area contributed by atoms with Gasteiger partial charge in [-0.15, -0.1) is 0 Å². The van der Waals surface area contributed by atoms with E-state index < -0.39 is 0 Å². The summed E-state index contributed by atoms with van der Waals surface area (Å²) >= 11 is 0. The topological polar surface area (TPSA) is 57.0 Å². The molecule has 0 saturated heterocycles. The predicted octanol–water partition coefficient (Wildman–Crippen LogP) is 4.99. The lowest BCUT2D eigenvalue weighted by Gasteiger charge is -2.10. The zero-order valence-electron chi connectivity index (χ0n) is 16.2. The van der Waals surface area contributed by atoms with Crippen molar-refractivity contribution in [2.24, 2.45) is 0 Å². The van der Waals surface area contributed by atoms with E-state index in [2.05, 4.69) is 17.2 Å². The molecular weight excluding hydrogens is 374 g/mol. The molecule has 5 nitrogen and oxygen atoms in total. The van der Waals surface area contributed by atoms with E-state index in [0.717, 1.165) is 32.9 Å². The third-order valence-corrected chi connectivity index (χ3v) is 5.12. The summed E-state index contributed by atoms with van der Waals surface area (Å²) in [4.78, 5) is 17.3. The number of hydrogen-bond acceptors (Lipinski definition) is 4. The van der Waals surface area contributed by atoms with Crippen LogP contribution in [0.5, 0.6) is 0 Å². The van der Waals surface area contributed by atoms with E-state index in [0.29, 0.717) is 12.1 Å². The van der Waals surface area contributed by atoms with Gasteiger partial charge in [-0.2, -0.15) is 5.10 Å². The fourth-order valence-corrected chi connectivity index (χ4v) is 3.63. The third kappa shape index (κ3) is 3.53. The normalized spacial score (nSPS) is 11.1. The standard InChI is InChI=1S/C25H19N3O2/c29-25(19-12-10-18(11-13-19)16-28-15-5-14-26-28)30-17-24-22-8-2-1-6-20(22)21-7-3-4-9-23(21)27-24/h1-15H,16-17H2. The van der Waals surface area contributed by atoms with Gasteiger partial charge in [0.2, 0.25) is 0 Å². The molecule has 0 radical (unpaired) electrons. The summed E-state index contributed by atoms with van der Waals surface area (Å²) in [5.41, 5.74) is 3.24. The first kappa shape index (κ1) is 18.1. The third-order valence-electron chi connectivity index (χ3n) is 5.12. The van der Waals surface area contributed by atoms with Crippen LogP contribution in [0, 0.1) is 0 Å². The van der Waals surface area contributed by atoms with Gasteiger partial charge in [0, 0.05) is 23.2 Å². The Morgan fingerprint density at radius 2 is 1.57 bits per heavy atom. The van der Waals surface area contributed by atoms with Gasteiger partial charge in [0.05, 0.1) is 23.3 Å². The molecule has 0 bridgehead atoms. The molecule has 3 aromatic carbocycles. The number of esters is 1. The molecule has 0 aliphatic heterocycles. The number of ether oxygens (including phenoxy) is 1. The molecule has 5 rings (SSSR count). The van der Waals surface area contributed by atoms with Gasteiger partial charge in [0.1, 0.15) is 6.61 Å². The first-order valence-corrected chi connectivity index (χ1v) is 9.78. The van der Waals surface area contributed by atoms with Crippen LogP contribution in [0.15, 0.2) is 91.3 Å². The van der Waals surface area contributed by atoms with Crippen LogP contribution in [-0.4, -0.2) is 20.7 Å². The first-order valence-electron chi connectivity index (χ1n) is 9.78. The van der Waals surface area contributed by atoms with Crippen LogP contribution < -0.4 is 0 Å². The number of pyridine rings is 1. The minimum absolute atomic E-state index is 0.124. The minimum atomic E-state index is -0.361. The van der Waals surface area contributed by atoms with E-state index in [-0.39, 0.29) is 12.6 Å². The number of rotatable bonds is 5. The summed E-state index contributed by atoms with van der Waals surface area (Å²) < 4.78 is 7.44. The zero-order chi connectivity index (χ0) is 20.3. The molecule has 30 heavy (non-hydrogen) atoms. The van der Waals surface area contributed by atoms with E-state index in [1.165, 1.54) is 0 Å². The quantitative estimate of drug-likeness (QED) is 0.312. The Bertz CT molecular complexity index is 1330. The Balaban J connectivity index is 1.35. The summed E-state index contributed by atoms with van der Waals surface area (Å²) in [6, 6.07) is 25.4. The van der Waals surface area contributed by atoms with E-state index in [9.17, 15) is 4.79 Å². The Hall–Kier alpha value is -3.99. The average Bonchev–Trinajstić information content (AvgIpc) is 3.31. The van der Waals surface area contributed by atoms with Crippen molar-refractivity contribution in [3.63, 3.8) is 0 Å². The van der Waals surface area contributed by atoms with Crippen LogP contribution in [0.4, 0.5) is 0 Å². The summed E-state index contributed by atoms with van der Waals surface area (Å²) in [5, 5.41) is 7.40. The van der Waals surface area contributed by atoms with Crippen molar-refractivity contribution < 1.29 is 9.53 Å². The largest absolute Gasteiger partial charge is 0.456 e. The van der Waals surface area contributed by atoms with Crippen molar-refractivity contribution >= 4 is 27.6 Å². The van der Waals surface area contributed by atoms with Gasteiger partial charge in [-0.05, 0) is 35.2 Å². The van der Waals surface area contributed by atoms with Crippen LogP contribution in [0.25, 0.3) is 21.7 Å². The van der Waals surface area contributed by atoms with Gasteiger partial charge in [0.15, 0.2) is 0 Å². The van der Waals surface area contributed by atoms with Gasteiger partial charge >= 0.3 is 5.97 Å². The molecule has 0 saturated carbocycles. The summed E-state index contributed by atoms with van der Waals surface area (Å²) in [6.07, 6.45) is 3.65. The maximum atomic E-state index is 12.6. The highest BCUT2D eigenvalue weighted by atomic mass is 16.5. The van der Waals surface area contributed by atoms with Gasteiger partial charge in [-0.3, -0.25) is 4.68 Å². The number of nitrogens with zero attached hydrogens (tertiary/aromatic N) is 3. The molecule has 5 aromatic rings. The fraction of sp³-hybridized carbons (Fsp3) is 0.0800. The van der Waals surface area contributed by atoms with Crippen LogP contribution in [-0.2, 0) is 17.9 Å². The van der Waals surface area contributed by atoms with Crippen molar-refractivity contribution in [3.05, 3.63) is 108 Å². The van der Waals surface area contributed by atoms with E-state index >= 15 is 0 Å². The molecule has 2 heterocycles. The highest BCUT2D eigenvalue weighted by Crippen LogP contribution is 2.26. The Morgan fingerprint density at radius 1 is 0.833 bits per heavy atom. The van der Waals surface area contributed by atoms with Crippen molar-refractivity contribution in [2.75, 3.05) is 0 Å². The monoisotopic (exact) mass is 393 g/mol. The van der Waals surface area contributed by atoms with E-state index in [1.54, 1.807) is 18.3 Å². The van der Waals surface area contributed by atoms with Crippen LogP contribution in [0.1, 0.15) is 21.6 Å². The Morgan fingerprint density at radius 3 is 2.33 bits per heavy atom. The van der Waals surface area contributed by atoms with Gasteiger partial charge < -0.3 is 4.74 Å². The van der Waals surface area contributed by atoms with Crippen LogP contribution in [0.3, 0.4) is 0 Å². The van der Waals surface area contributed by atoms with Crippen molar-refractivity contribution in [1.29, 1.82) is 0 Å². The lowest BCUT2D eigenvalue weighted by Crippen LogP contribution is -2.07. The van der Waals surface area contributed by atoms with Gasteiger partial charge in [0.25, 0.3) is 0 Å². The van der Waals surface area contributed by atoms with Gasteiger partial charge in [-0.25, -0.2) is 9.78 Å². The second-order valence-corrected chi connectivity index (χ2v) is 7.10. The summed E-state index contributed by atoms with van der Waals surface area (Å²) in [5.74, 6) is -0.361. The molecule has 5 heteroatoms.